The Balaban J connectivity index is 1.89. The van der Waals surface area contributed by atoms with Gasteiger partial charge in [-0.1, -0.05) is 30.3 Å². The Morgan fingerprint density at radius 2 is 2.04 bits per heavy atom. The van der Waals surface area contributed by atoms with E-state index in [-0.39, 0.29) is 12.5 Å². The van der Waals surface area contributed by atoms with E-state index in [9.17, 15) is 9.59 Å². The topological polar surface area (TPSA) is 80.7 Å². The molecule has 2 amide bonds. The average Bonchev–Trinajstić information content (AvgIpc) is 3.12. The minimum atomic E-state index is -0.596. The van der Waals surface area contributed by atoms with Crippen molar-refractivity contribution < 1.29 is 9.59 Å². The molecule has 0 aliphatic carbocycles. The monoisotopic (exact) mass is 338 g/mol. The molecule has 0 unspecified atom stereocenters. The van der Waals surface area contributed by atoms with Gasteiger partial charge in [0.1, 0.15) is 12.2 Å². The van der Waals surface area contributed by atoms with E-state index in [2.05, 4.69) is 5.10 Å². The maximum atomic E-state index is 12.8. The average molecular weight is 338 g/mol. The molecule has 24 heavy (non-hydrogen) atoms. The number of thiophene rings is 1. The van der Waals surface area contributed by atoms with Crippen LogP contribution in [0.25, 0.3) is 10.2 Å². The molecular formula is C17H14N4O2S. The number of benzene rings is 1. The lowest BCUT2D eigenvalue weighted by Gasteiger charge is -2.14. The van der Waals surface area contributed by atoms with E-state index in [1.807, 2.05) is 52.4 Å². The molecule has 2 aromatic heterocycles. The summed E-state index contributed by atoms with van der Waals surface area (Å²) in [4.78, 5) is 24.2. The summed E-state index contributed by atoms with van der Waals surface area (Å²) in [5.41, 5.74) is 8.43. The van der Waals surface area contributed by atoms with Crippen LogP contribution in [0, 0.1) is 0 Å². The van der Waals surface area contributed by atoms with E-state index in [0.717, 1.165) is 20.8 Å². The zero-order valence-corrected chi connectivity index (χ0v) is 13.5. The molecule has 1 aliphatic rings. The summed E-state index contributed by atoms with van der Waals surface area (Å²) in [6, 6.07) is 13.5. The molecular weight excluding hydrogens is 324 g/mol. The number of hydrogen-bond acceptors (Lipinski definition) is 4. The summed E-state index contributed by atoms with van der Waals surface area (Å²) in [6.45, 7) is 0.217. The third-order valence-corrected chi connectivity index (χ3v) is 4.79. The molecule has 0 saturated heterocycles. The SMILES string of the molecule is NC(=O)CN1N=C(c2ccccc2)Cn2c(cc3sccc32)C1=O. The summed E-state index contributed by atoms with van der Waals surface area (Å²) >= 11 is 1.58. The van der Waals surface area contributed by atoms with Crippen molar-refractivity contribution in [1.82, 2.24) is 9.58 Å². The van der Waals surface area contributed by atoms with Crippen LogP contribution in [0.2, 0.25) is 0 Å². The highest BCUT2D eigenvalue weighted by molar-refractivity contribution is 7.17. The van der Waals surface area contributed by atoms with Crippen molar-refractivity contribution in [3.63, 3.8) is 0 Å². The van der Waals surface area contributed by atoms with Crippen molar-refractivity contribution >= 4 is 39.1 Å². The van der Waals surface area contributed by atoms with Crippen molar-refractivity contribution in [3.8, 4) is 0 Å². The van der Waals surface area contributed by atoms with Gasteiger partial charge in [-0.25, -0.2) is 5.01 Å². The van der Waals surface area contributed by atoms with Crippen LogP contribution in [0.1, 0.15) is 16.1 Å². The van der Waals surface area contributed by atoms with E-state index in [4.69, 9.17) is 5.73 Å². The molecule has 0 spiro atoms. The molecule has 6 nitrogen and oxygen atoms in total. The van der Waals surface area contributed by atoms with E-state index in [1.54, 1.807) is 11.3 Å². The van der Waals surface area contributed by atoms with Crippen LogP contribution in [0.5, 0.6) is 0 Å². The van der Waals surface area contributed by atoms with Crippen molar-refractivity contribution in [2.24, 2.45) is 10.8 Å². The smallest absolute Gasteiger partial charge is 0.291 e. The van der Waals surface area contributed by atoms with Crippen molar-refractivity contribution in [2.45, 2.75) is 6.54 Å². The molecule has 120 valence electrons. The minimum absolute atomic E-state index is 0.242. The highest BCUT2D eigenvalue weighted by atomic mass is 32.1. The lowest BCUT2D eigenvalue weighted by molar-refractivity contribution is -0.118. The quantitative estimate of drug-likeness (QED) is 0.793. The van der Waals surface area contributed by atoms with E-state index in [0.29, 0.717) is 18.0 Å². The van der Waals surface area contributed by atoms with Crippen LogP contribution in [0.3, 0.4) is 0 Å². The highest BCUT2D eigenvalue weighted by Crippen LogP contribution is 2.28. The predicted octanol–water partition coefficient (Wildman–Crippen LogP) is 2.05. The molecule has 0 fully saturated rings. The number of rotatable bonds is 3. The fourth-order valence-corrected chi connectivity index (χ4v) is 3.69. The molecule has 1 aliphatic heterocycles. The number of carbonyl (C=O) groups is 2. The number of amides is 2. The number of hydrazone groups is 1. The molecule has 0 saturated carbocycles. The number of hydrogen-bond donors (Lipinski definition) is 1. The summed E-state index contributed by atoms with van der Waals surface area (Å²) in [6.07, 6.45) is 0. The Morgan fingerprint density at radius 3 is 2.79 bits per heavy atom. The molecule has 0 atom stereocenters. The third-order valence-electron chi connectivity index (χ3n) is 3.94. The van der Waals surface area contributed by atoms with Gasteiger partial charge in [0.25, 0.3) is 5.91 Å². The predicted molar refractivity (Wildman–Crippen MR) is 93.0 cm³/mol. The second kappa shape index (κ2) is 5.61. The van der Waals surface area contributed by atoms with Crippen LogP contribution in [0.15, 0.2) is 52.9 Å². The first-order valence-corrected chi connectivity index (χ1v) is 8.31. The molecule has 2 N–H and O–H groups in total. The molecule has 3 heterocycles. The lowest BCUT2D eigenvalue weighted by atomic mass is 10.1. The van der Waals surface area contributed by atoms with Crippen LogP contribution in [-0.2, 0) is 11.3 Å². The third kappa shape index (κ3) is 2.39. The number of nitrogens with two attached hydrogens (primary N) is 1. The fraction of sp³-hybridized carbons (Fsp3) is 0.118. The van der Waals surface area contributed by atoms with Crippen LogP contribution in [0.4, 0.5) is 0 Å². The molecule has 0 radical (unpaired) electrons. The zero-order chi connectivity index (χ0) is 16.7. The standard InChI is InChI=1S/C17H14N4O2S/c18-16(22)10-21-17(23)14-8-15-13(6-7-24-15)20(14)9-12(19-21)11-4-2-1-3-5-11/h1-8H,9-10H2,(H2,18,22). The van der Waals surface area contributed by atoms with Crippen LogP contribution >= 0.6 is 11.3 Å². The molecule has 4 rings (SSSR count). The molecule has 0 bridgehead atoms. The first-order valence-electron chi connectivity index (χ1n) is 7.43. The van der Waals surface area contributed by atoms with Crippen LogP contribution in [-0.4, -0.2) is 33.6 Å². The Kier molecular flexibility index (Phi) is 3.42. The Labute approximate surface area is 141 Å². The minimum Gasteiger partial charge on any atom is -0.368 e. The second-order valence-corrected chi connectivity index (χ2v) is 6.48. The molecule has 7 heteroatoms. The van der Waals surface area contributed by atoms with E-state index >= 15 is 0 Å². The Morgan fingerprint density at radius 1 is 1.25 bits per heavy atom. The summed E-state index contributed by atoms with van der Waals surface area (Å²) in [7, 11) is 0. The fourth-order valence-electron chi connectivity index (χ4n) is 2.86. The van der Waals surface area contributed by atoms with Crippen molar-refractivity contribution in [1.29, 1.82) is 0 Å². The first-order chi connectivity index (χ1) is 11.6. The summed E-state index contributed by atoms with van der Waals surface area (Å²) in [5, 5.41) is 7.58. The van der Waals surface area contributed by atoms with Gasteiger partial charge in [0, 0.05) is 0 Å². The van der Waals surface area contributed by atoms with Gasteiger partial charge in [0.05, 0.1) is 22.5 Å². The van der Waals surface area contributed by atoms with Gasteiger partial charge >= 0.3 is 0 Å². The zero-order valence-electron chi connectivity index (χ0n) is 12.7. The number of fused-ring (bicyclic) bond motifs is 3. The summed E-state index contributed by atoms with van der Waals surface area (Å²) < 4.78 is 2.98. The van der Waals surface area contributed by atoms with E-state index in [1.165, 1.54) is 0 Å². The van der Waals surface area contributed by atoms with Gasteiger partial charge in [0.2, 0.25) is 5.91 Å². The van der Waals surface area contributed by atoms with Crippen molar-refractivity contribution in [3.05, 3.63) is 59.1 Å². The normalized spacial score (nSPS) is 14.4. The maximum Gasteiger partial charge on any atom is 0.291 e. The highest BCUT2D eigenvalue weighted by Gasteiger charge is 2.27. The molecule has 3 aromatic rings. The molecule has 1 aromatic carbocycles. The van der Waals surface area contributed by atoms with Crippen LogP contribution < -0.4 is 5.73 Å². The Hall–Kier alpha value is -2.93. The van der Waals surface area contributed by atoms with Gasteiger partial charge < -0.3 is 10.3 Å². The van der Waals surface area contributed by atoms with E-state index < -0.39 is 5.91 Å². The van der Waals surface area contributed by atoms with Gasteiger partial charge in [-0.05, 0) is 23.1 Å². The first kappa shape index (κ1) is 14.6. The number of primary amides is 1. The largest absolute Gasteiger partial charge is 0.368 e. The maximum absolute atomic E-state index is 12.8. The van der Waals surface area contributed by atoms with Crippen molar-refractivity contribution in [2.75, 3.05) is 6.54 Å². The van der Waals surface area contributed by atoms with Gasteiger partial charge in [0.15, 0.2) is 0 Å². The second-order valence-electron chi connectivity index (χ2n) is 5.53. The number of aromatic nitrogens is 1. The van der Waals surface area contributed by atoms with Gasteiger partial charge in [-0.2, -0.15) is 5.10 Å². The number of carbonyl (C=O) groups excluding carboxylic acids is 2. The van der Waals surface area contributed by atoms with Gasteiger partial charge in [-0.15, -0.1) is 11.3 Å². The Bertz CT molecular complexity index is 971. The van der Waals surface area contributed by atoms with Gasteiger partial charge in [-0.3, -0.25) is 9.59 Å². The number of nitrogens with zero attached hydrogens (tertiary/aromatic N) is 3. The lowest BCUT2D eigenvalue weighted by Crippen LogP contribution is -2.35. The summed E-state index contributed by atoms with van der Waals surface area (Å²) in [5.74, 6) is -0.913.